The summed E-state index contributed by atoms with van der Waals surface area (Å²) in [4.78, 5) is 24.2. The van der Waals surface area contributed by atoms with Crippen LogP contribution in [0.4, 0.5) is 0 Å². The average molecular weight is 266 g/mol. The fourth-order valence-electron chi connectivity index (χ4n) is 2.19. The van der Waals surface area contributed by atoms with Crippen LogP contribution in [0, 0.1) is 6.92 Å². The van der Waals surface area contributed by atoms with Gasteiger partial charge in [0.15, 0.2) is 0 Å². The van der Waals surface area contributed by atoms with Gasteiger partial charge in [-0.15, -0.1) is 0 Å². The van der Waals surface area contributed by atoms with Crippen molar-refractivity contribution >= 4 is 5.91 Å². The third-order valence-corrected chi connectivity index (χ3v) is 3.21. The second kappa shape index (κ2) is 6.52. The van der Waals surface area contributed by atoms with Crippen LogP contribution in [0.5, 0.6) is 0 Å². The summed E-state index contributed by atoms with van der Waals surface area (Å²) < 4.78 is 1.66. The Morgan fingerprint density at radius 3 is 2.53 bits per heavy atom. The first-order chi connectivity index (χ1) is 8.93. The van der Waals surface area contributed by atoms with Crippen molar-refractivity contribution in [3.63, 3.8) is 0 Å². The third-order valence-electron chi connectivity index (χ3n) is 3.21. The molecular weight excluding hydrogens is 244 g/mol. The average Bonchev–Trinajstić information content (AvgIpc) is 2.38. The van der Waals surface area contributed by atoms with Crippen LogP contribution >= 0.6 is 0 Å². The Morgan fingerprint density at radius 2 is 2.05 bits per heavy atom. The van der Waals surface area contributed by atoms with E-state index in [1.165, 1.54) is 7.05 Å². The fraction of sp³-hybridized carbons (Fsp3) is 0.571. The van der Waals surface area contributed by atoms with Crippen LogP contribution < -0.4 is 5.56 Å². The molecule has 0 bridgehead atoms. The van der Waals surface area contributed by atoms with Crippen LogP contribution in [0.2, 0.25) is 0 Å². The Labute approximate surface area is 113 Å². The lowest BCUT2D eigenvalue weighted by Crippen LogP contribution is -2.34. The lowest BCUT2D eigenvalue weighted by atomic mass is 10.1. The van der Waals surface area contributed by atoms with Crippen LogP contribution in [-0.2, 0) is 13.0 Å². The number of hydrogen-bond acceptors (Lipinski definition) is 3. The standard InChI is InChI=1S/C14H22N2O3/c1-5-7-8-16-12(6-2)10(3)9-11(14(16)18)13(17)15(4)19/h9,19H,5-8H2,1-4H3. The van der Waals surface area contributed by atoms with E-state index in [1.54, 1.807) is 10.6 Å². The maximum Gasteiger partial charge on any atom is 0.282 e. The summed E-state index contributed by atoms with van der Waals surface area (Å²) in [6.07, 6.45) is 2.61. The van der Waals surface area contributed by atoms with Gasteiger partial charge in [-0.1, -0.05) is 20.3 Å². The smallest absolute Gasteiger partial charge is 0.282 e. The van der Waals surface area contributed by atoms with Gasteiger partial charge in [0.2, 0.25) is 0 Å². The highest BCUT2D eigenvalue weighted by molar-refractivity contribution is 5.93. The van der Waals surface area contributed by atoms with E-state index in [2.05, 4.69) is 6.92 Å². The summed E-state index contributed by atoms with van der Waals surface area (Å²) in [6, 6.07) is 1.57. The van der Waals surface area contributed by atoms with Crippen LogP contribution in [0.15, 0.2) is 10.9 Å². The number of pyridine rings is 1. The summed E-state index contributed by atoms with van der Waals surface area (Å²) in [5, 5.41) is 9.67. The molecule has 1 heterocycles. The Kier molecular flexibility index (Phi) is 5.30. The molecule has 1 amide bonds. The first-order valence-electron chi connectivity index (χ1n) is 6.64. The third kappa shape index (κ3) is 3.23. The summed E-state index contributed by atoms with van der Waals surface area (Å²) in [7, 11) is 1.22. The largest absolute Gasteiger partial charge is 0.312 e. The Hall–Kier alpha value is -1.62. The first-order valence-corrected chi connectivity index (χ1v) is 6.64. The molecule has 0 aliphatic carbocycles. The van der Waals surface area contributed by atoms with Gasteiger partial charge in [-0.2, -0.15) is 0 Å². The molecule has 0 aromatic carbocycles. The van der Waals surface area contributed by atoms with Gasteiger partial charge in [0, 0.05) is 19.3 Å². The number of rotatable bonds is 5. The number of hydrogen-bond donors (Lipinski definition) is 1. The molecule has 0 unspecified atom stereocenters. The number of carbonyl (C=O) groups is 1. The summed E-state index contributed by atoms with van der Waals surface area (Å²) in [5.74, 6) is -0.666. The van der Waals surface area contributed by atoms with Crippen molar-refractivity contribution in [2.24, 2.45) is 0 Å². The maximum absolute atomic E-state index is 12.4. The number of hydroxylamine groups is 2. The zero-order valence-corrected chi connectivity index (χ0v) is 12.1. The highest BCUT2D eigenvalue weighted by Gasteiger charge is 2.18. The van der Waals surface area contributed by atoms with E-state index < -0.39 is 5.91 Å². The predicted octanol–water partition coefficient (Wildman–Crippen LogP) is 1.98. The van der Waals surface area contributed by atoms with E-state index in [1.807, 2.05) is 13.8 Å². The monoisotopic (exact) mass is 266 g/mol. The molecule has 0 aliphatic heterocycles. The van der Waals surface area contributed by atoms with Gasteiger partial charge >= 0.3 is 0 Å². The van der Waals surface area contributed by atoms with Gasteiger partial charge in [-0.25, -0.2) is 5.06 Å². The molecule has 5 heteroatoms. The van der Waals surface area contributed by atoms with Crippen molar-refractivity contribution in [1.82, 2.24) is 9.63 Å². The van der Waals surface area contributed by atoms with Crippen molar-refractivity contribution in [2.45, 2.75) is 46.6 Å². The lowest BCUT2D eigenvalue weighted by Gasteiger charge is -2.17. The Balaban J connectivity index is 3.41. The molecule has 0 fully saturated rings. The molecule has 0 atom stereocenters. The highest BCUT2D eigenvalue weighted by Crippen LogP contribution is 2.11. The van der Waals surface area contributed by atoms with Crippen LogP contribution in [-0.4, -0.2) is 27.8 Å². The fourth-order valence-corrected chi connectivity index (χ4v) is 2.19. The SMILES string of the molecule is CCCCn1c(CC)c(C)cc(C(=O)N(C)O)c1=O. The quantitative estimate of drug-likeness (QED) is 0.654. The van der Waals surface area contributed by atoms with Crippen molar-refractivity contribution in [3.8, 4) is 0 Å². The second-order valence-corrected chi connectivity index (χ2v) is 4.68. The highest BCUT2D eigenvalue weighted by atomic mass is 16.5. The van der Waals surface area contributed by atoms with Crippen molar-refractivity contribution in [2.75, 3.05) is 7.05 Å². The molecule has 1 aromatic rings. The molecule has 5 nitrogen and oxygen atoms in total. The predicted molar refractivity (Wildman–Crippen MR) is 73.6 cm³/mol. The molecule has 0 spiro atoms. The molecule has 19 heavy (non-hydrogen) atoms. The molecule has 106 valence electrons. The number of aromatic nitrogens is 1. The van der Waals surface area contributed by atoms with Crippen molar-refractivity contribution < 1.29 is 10.0 Å². The number of amides is 1. The molecule has 0 saturated heterocycles. The molecule has 0 saturated carbocycles. The van der Waals surface area contributed by atoms with E-state index in [0.29, 0.717) is 11.6 Å². The van der Waals surface area contributed by atoms with Gasteiger partial charge < -0.3 is 4.57 Å². The van der Waals surface area contributed by atoms with E-state index in [-0.39, 0.29) is 11.1 Å². The van der Waals surface area contributed by atoms with Crippen molar-refractivity contribution in [1.29, 1.82) is 0 Å². The van der Waals surface area contributed by atoms with E-state index >= 15 is 0 Å². The van der Waals surface area contributed by atoms with Crippen LogP contribution in [0.3, 0.4) is 0 Å². The Bertz CT molecular complexity index is 518. The first kappa shape index (κ1) is 15.4. The zero-order valence-electron chi connectivity index (χ0n) is 12.1. The molecule has 0 radical (unpaired) electrons. The van der Waals surface area contributed by atoms with E-state index in [0.717, 1.165) is 30.5 Å². The topological polar surface area (TPSA) is 62.5 Å². The van der Waals surface area contributed by atoms with E-state index in [9.17, 15) is 14.8 Å². The minimum atomic E-state index is -0.666. The molecule has 1 N–H and O–H groups in total. The normalized spacial score (nSPS) is 10.6. The van der Waals surface area contributed by atoms with Gasteiger partial charge in [0.25, 0.3) is 11.5 Å². The van der Waals surface area contributed by atoms with Gasteiger partial charge in [0.1, 0.15) is 5.56 Å². The van der Waals surface area contributed by atoms with Gasteiger partial charge in [-0.3, -0.25) is 14.8 Å². The number of unbranched alkanes of at least 4 members (excludes halogenated alkanes) is 1. The summed E-state index contributed by atoms with van der Waals surface area (Å²) in [6.45, 7) is 6.54. The van der Waals surface area contributed by atoms with E-state index in [4.69, 9.17) is 0 Å². The van der Waals surface area contributed by atoms with Crippen LogP contribution in [0.25, 0.3) is 0 Å². The number of aryl methyl sites for hydroxylation is 1. The molecule has 1 rings (SSSR count). The molecular formula is C14H22N2O3. The van der Waals surface area contributed by atoms with Gasteiger partial charge in [0.05, 0.1) is 0 Å². The maximum atomic E-state index is 12.4. The summed E-state index contributed by atoms with van der Waals surface area (Å²) in [5.41, 5.74) is 1.57. The molecule has 1 aromatic heterocycles. The minimum absolute atomic E-state index is 0.0239. The summed E-state index contributed by atoms with van der Waals surface area (Å²) >= 11 is 0. The van der Waals surface area contributed by atoms with Gasteiger partial charge in [-0.05, 0) is 31.4 Å². The molecule has 0 aliphatic rings. The minimum Gasteiger partial charge on any atom is -0.312 e. The Morgan fingerprint density at radius 1 is 1.42 bits per heavy atom. The number of carbonyl (C=O) groups excluding carboxylic acids is 1. The van der Waals surface area contributed by atoms with Crippen LogP contribution in [0.1, 0.15) is 48.3 Å². The van der Waals surface area contributed by atoms with Crippen molar-refractivity contribution in [3.05, 3.63) is 33.2 Å². The second-order valence-electron chi connectivity index (χ2n) is 4.68. The number of nitrogens with zero attached hydrogens (tertiary/aromatic N) is 2. The lowest BCUT2D eigenvalue weighted by molar-refractivity contribution is -0.0376. The zero-order chi connectivity index (χ0) is 14.6.